The number of benzene rings is 1. The van der Waals surface area contributed by atoms with E-state index in [4.69, 9.17) is 22.1 Å². The fourth-order valence-corrected chi connectivity index (χ4v) is 3.72. The van der Waals surface area contributed by atoms with Crippen LogP contribution in [-0.4, -0.2) is 26.9 Å². The van der Waals surface area contributed by atoms with E-state index in [1.807, 2.05) is 0 Å². The summed E-state index contributed by atoms with van der Waals surface area (Å²) in [6, 6.07) is 4.42. The number of anilines is 1. The van der Waals surface area contributed by atoms with E-state index in [0.717, 1.165) is 12.8 Å². The van der Waals surface area contributed by atoms with Crippen molar-refractivity contribution in [2.24, 2.45) is 0 Å². The molecular weight excluding hydrogens is 262 g/mol. The van der Waals surface area contributed by atoms with Crippen molar-refractivity contribution in [3.05, 3.63) is 23.2 Å². The van der Waals surface area contributed by atoms with Gasteiger partial charge in [-0.3, -0.25) is 0 Å². The number of ether oxygens (including phenoxy) is 1. The van der Waals surface area contributed by atoms with E-state index in [9.17, 15) is 8.42 Å². The topological polar surface area (TPSA) is 69.4 Å². The molecule has 0 saturated carbocycles. The van der Waals surface area contributed by atoms with Gasteiger partial charge in [-0.15, -0.1) is 0 Å². The summed E-state index contributed by atoms with van der Waals surface area (Å²) in [6.07, 6.45) is 1.48. The lowest BCUT2D eigenvalue weighted by Crippen LogP contribution is -2.21. The van der Waals surface area contributed by atoms with Crippen LogP contribution < -0.4 is 5.73 Å². The van der Waals surface area contributed by atoms with Crippen molar-refractivity contribution in [3.63, 3.8) is 0 Å². The van der Waals surface area contributed by atoms with E-state index >= 15 is 0 Å². The van der Waals surface area contributed by atoms with Crippen LogP contribution in [0.4, 0.5) is 5.69 Å². The lowest BCUT2D eigenvalue weighted by Gasteiger charge is -2.11. The standard InChI is InChI=1S/C11H14ClNO3S/c12-8-3-4-11(10(13)6-8)17(14,15)7-9-2-1-5-16-9/h3-4,6,9H,1-2,5,7,13H2. The molecule has 0 amide bonds. The van der Waals surface area contributed by atoms with Crippen LogP contribution in [0, 0.1) is 0 Å². The highest BCUT2D eigenvalue weighted by Crippen LogP contribution is 2.25. The van der Waals surface area contributed by atoms with Gasteiger partial charge < -0.3 is 10.5 Å². The van der Waals surface area contributed by atoms with Gasteiger partial charge in [0.05, 0.1) is 22.4 Å². The molecule has 0 spiro atoms. The van der Waals surface area contributed by atoms with Gasteiger partial charge in [0, 0.05) is 11.6 Å². The Bertz CT molecular complexity index is 509. The fourth-order valence-electron chi connectivity index (χ4n) is 1.91. The lowest BCUT2D eigenvalue weighted by molar-refractivity contribution is 0.127. The van der Waals surface area contributed by atoms with Gasteiger partial charge in [0.1, 0.15) is 0 Å². The van der Waals surface area contributed by atoms with Crippen molar-refractivity contribution in [3.8, 4) is 0 Å². The normalized spacial score (nSPS) is 20.6. The minimum Gasteiger partial charge on any atom is -0.398 e. The minimum absolute atomic E-state index is 0.0150. The zero-order valence-electron chi connectivity index (χ0n) is 9.23. The smallest absolute Gasteiger partial charge is 0.182 e. The Kier molecular flexibility index (Phi) is 3.61. The number of hydrogen-bond donors (Lipinski definition) is 1. The summed E-state index contributed by atoms with van der Waals surface area (Å²) in [4.78, 5) is 0.136. The Morgan fingerprint density at radius 3 is 2.82 bits per heavy atom. The van der Waals surface area contributed by atoms with Crippen molar-refractivity contribution in [2.45, 2.75) is 23.8 Å². The van der Waals surface area contributed by atoms with E-state index in [1.165, 1.54) is 18.2 Å². The molecule has 6 heteroatoms. The first-order chi connectivity index (χ1) is 7.99. The van der Waals surface area contributed by atoms with Crippen LogP contribution in [0.5, 0.6) is 0 Å². The Morgan fingerprint density at radius 1 is 1.47 bits per heavy atom. The largest absolute Gasteiger partial charge is 0.398 e. The molecule has 0 aromatic heterocycles. The molecule has 1 saturated heterocycles. The lowest BCUT2D eigenvalue weighted by atomic mass is 10.3. The second-order valence-electron chi connectivity index (χ2n) is 4.10. The number of nitrogens with two attached hydrogens (primary N) is 1. The predicted molar refractivity (Wildman–Crippen MR) is 66.9 cm³/mol. The van der Waals surface area contributed by atoms with Crippen LogP contribution in [0.2, 0.25) is 5.02 Å². The molecule has 1 unspecified atom stereocenters. The van der Waals surface area contributed by atoms with Crippen molar-refractivity contribution in [1.82, 2.24) is 0 Å². The molecule has 1 fully saturated rings. The Labute approximate surface area is 106 Å². The van der Waals surface area contributed by atoms with Gasteiger partial charge in [0.25, 0.3) is 0 Å². The summed E-state index contributed by atoms with van der Waals surface area (Å²) in [5, 5.41) is 0.429. The molecule has 1 heterocycles. The van der Waals surface area contributed by atoms with Crippen molar-refractivity contribution in [1.29, 1.82) is 0 Å². The average Bonchev–Trinajstić information content (AvgIpc) is 2.68. The van der Waals surface area contributed by atoms with Crippen LogP contribution >= 0.6 is 11.6 Å². The molecule has 2 rings (SSSR count). The van der Waals surface area contributed by atoms with Crippen LogP contribution in [0.25, 0.3) is 0 Å². The quantitative estimate of drug-likeness (QED) is 0.855. The van der Waals surface area contributed by atoms with E-state index in [2.05, 4.69) is 0 Å². The number of rotatable bonds is 3. The number of halogens is 1. The van der Waals surface area contributed by atoms with E-state index in [-0.39, 0.29) is 22.4 Å². The number of nitrogen functional groups attached to an aromatic ring is 1. The Morgan fingerprint density at radius 2 is 2.24 bits per heavy atom. The second kappa shape index (κ2) is 4.84. The molecule has 1 atom stereocenters. The second-order valence-corrected chi connectivity index (χ2v) is 6.54. The average molecular weight is 276 g/mol. The zero-order chi connectivity index (χ0) is 12.5. The van der Waals surface area contributed by atoms with Gasteiger partial charge in [0.15, 0.2) is 9.84 Å². The molecule has 4 nitrogen and oxygen atoms in total. The molecule has 17 heavy (non-hydrogen) atoms. The highest BCUT2D eigenvalue weighted by atomic mass is 35.5. The third-order valence-corrected chi connectivity index (χ3v) is 4.82. The SMILES string of the molecule is Nc1cc(Cl)ccc1S(=O)(=O)CC1CCCO1. The molecule has 1 aliphatic heterocycles. The van der Waals surface area contributed by atoms with Gasteiger partial charge in [-0.25, -0.2) is 8.42 Å². The van der Waals surface area contributed by atoms with Gasteiger partial charge in [-0.2, -0.15) is 0 Å². The van der Waals surface area contributed by atoms with Crippen LogP contribution in [0.3, 0.4) is 0 Å². The summed E-state index contributed by atoms with van der Waals surface area (Å²) in [6.45, 7) is 0.635. The summed E-state index contributed by atoms with van der Waals surface area (Å²) < 4.78 is 29.6. The van der Waals surface area contributed by atoms with Crippen molar-refractivity contribution in [2.75, 3.05) is 18.1 Å². The Hall–Kier alpha value is -0.780. The first-order valence-electron chi connectivity index (χ1n) is 5.38. The monoisotopic (exact) mass is 275 g/mol. The zero-order valence-corrected chi connectivity index (χ0v) is 10.8. The summed E-state index contributed by atoms with van der Waals surface area (Å²) in [5.74, 6) is -0.0150. The van der Waals surface area contributed by atoms with Gasteiger partial charge >= 0.3 is 0 Å². The predicted octanol–water partition coefficient (Wildman–Crippen LogP) is 1.87. The van der Waals surface area contributed by atoms with Gasteiger partial charge in [-0.1, -0.05) is 11.6 Å². The number of sulfone groups is 1. The maximum absolute atomic E-state index is 12.1. The first kappa shape index (κ1) is 12.7. The molecule has 0 aliphatic carbocycles. The van der Waals surface area contributed by atoms with Crippen LogP contribution in [0.1, 0.15) is 12.8 Å². The van der Waals surface area contributed by atoms with Crippen molar-refractivity contribution >= 4 is 27.1 Å². The first-order valence-corrected chi connectivity index (χ1v) is 7.41. The maximum atomic E-state index is 12.1. The molecule has 1 aromatic carbocycles. The summed E-state index contributed by atoms with van der Waals surface area (Å²) in [5.41, 5.74) is 5.87. The Balaban J connectivity index is 2.24. The molecular formula is C11H14ClNO3S. The number of hydrogen-bond acceptors (Lipinski definition) is 4. The van der Waals surface area contributed by atoms with E-state index < -0.39 is 9.84 Å². The molecule has 0 bridgehead atoms. The minimum atomic E-state index is -3.40. The third kappa shape index (κ3) is 2.91. The van der Waals surface area contributed by atoms with Gasteiger partial charge in [0.2, 0.25) is 0 Å². The molecule has 1 aliphatic rings. The highest BCUT2D eigenvalue weighted by molar-refractivity contribution is 7.91. The summed E-state index contributed by atoms with van der Waals surface area (Å²) in [7, 11) is -3.40. The summed E-state index contributed by atoms with van der Waals surface area (Å²) >= 11 is 5.74. The van der Waals surface area contributed by atoms with E-state index in [0.29, 0.717) is 11.6 Å². The van der Waals surface area contributed by atoms with Crippen LogP contribution in [0.15, 0.2) is 23.1 Å². The van der Waals surface area contributed by atoms with E-state index in [1.54, 1.807) is 0 Å². The maximum Gasteiger partial charge on any atom is 0.182 e. The van der Waals surface area contributed by atoms with Crippen molar-refractivity contribution < 1.29 is 13.2 Å². The highest BCUT2D eigenvalue weighted by Gasteiger charge is 2.26. The molecule has 1 aromatic rings. The molecule has 0 radical (unpaired) electrons. The third-order valence-electron chi connectivity index (χ3n) is 2.74. The van der Waals surface area contributed by atoms with Gasteiger partial charge in [-0.05, 0) is 31.0 Å². The molecule has 94 valence electrons. The fraction of sp³-hybridized carbons (Fsp3) is 0.455. The van der Waals surface area contributed by atoms with Crippen LogP contribution in [-0.2, 0) is 14.6 Å². The molecule has 2 N–H and O–H groups in total.